The van der Waals surface area contributed by atoms with Gasteiger partial charge in [-0.15, -0.1) is 22.7 Å². The molecule has 10 aromatic carbocycles. The molecule has 76 heavy (non-hydrogen) atoms. The maximum absolute atomic E-state index is 14.5. The Morgan fingerprint density at radius 3 is 1.00 bits per heavy atom. The summed E-state index contributed by atoms with van der Waals surface area (Å²) in [7, 11) is 0. The van der Waals surface area contributed by atoms with Gasteiger partial charge < -0.3 is 9.47 Å². The van der Waals surface area contributed by atoms with Crippen LogP contribution in [0.4, 0.5) is 0 Å². The van der Waals surface area contributed by atoms with Crippen LogP contribution < -0.4 is 0 Å². The van der Waals surface area contributed by atoms with Gasteiger partial charge in [0.2, 0.25) is 0 Å². The van der Waals surface area contributed by atoms with Gasteiger partial charge in [-0.1, -0.05) is 109 Å². The zero-order valence-corrected chi connectivity index (χ0v) is 41.6. The molecule has 2 aliphatic rings. The number of esters is 2. The molecule has 0 spiro atoms. The lowest BCUT2D eigenvalue weighted by Gasteiger charge is -2.12. The van der Waals surface area contributed by atoms with Crippen molar-refractivity contribution in [2.45, 2.75) is 13.2 Å². The number of thiophene rings is 2. The molecular formula is C66H36O8S2. The Morgan fingerprint density at radius 1 is 0.355 bits per heavy atom. The Morgan fingerprint density at radius 2 is 0.671 bits per heavy atom. The van der Waals surface area contributed by atoms with E-state index in [2.05, 4.69) is 0 Å². The van der Waals surface area contributed by atoms with Crippen LogP contribution >= 0.6 is 22.7 Å². The van der Waals surface area contributed by atoms with Crippen molar-refractivity contribution in [3.8, 4) is 0 Å². The number of Topliss-reactive ketones (excluding diaryl/α,β-unsaturated/α-hetero) is 4. The first kappa shape index (κ1) is 45.2. The van der Waals surface area contributed by atoms with Gasteiger partial charge in [0.15, 0.2) is 23.1 Å². The average Bonchev–Trinajstić information content (AvgIpc) is 4.20. The lowest BCUT2D eigenvalue weighted by Crippen LogP contribution is -2.07. The summed E-state index contributed by atoms with van der Waals surface area (Å²) in [5.41, 5.74) is 3.35. The number of benzene rings is 10. The molecule has 12 aromatic rings. The third-order valence-electron chi connectivity index (χ3n) is 14.5. The van der Waals surface area contributed by atoms with E-state index in [4.69, 9.17) is 9.47 Å². The summed E-state index contributed by atoms with van der Waals surface area (Å²) in [6, 6.07) is 56.8. The van der Waals surface area contributed by atoms with Crippen molar-refractivity contribution in [1.82, 2.24) is 0 Å². The van der Waals surface area contributed by atoms with Crippen LogP contribution in [-0.4, -0.2) is 35.1 Å². The van der Waals surface area contributed by atoms with Crippen LogP contribution in [0.25, 0.3) is 86.2 Å². The van der Waals surface area contributed by atoms with E-state index in [1.165, 1.54) is 22.7 Å². The topological polar surface area (TPSA) is 121 Å². The molecule has 0 saturated heterocycles. The first-order valence-electron chi connectivity index (χ1n) is 24.5. The molecule has 0 fully saturated rings. The van der Waals surface area contributed by atoms with Crippen LogP contribution in [0.3, 0.4) is 0 Å². The summed E-state index contributed by atoms with van der Waals surface area (Å²) in [5, 5.41) is 9.67. The van der Waals surface area contributed by atoms with Gasteiger partial charge >= 0.3 is 11.9 Å². The summed E-state index contributed by atoms with van der Waals surface area (Å²) in [5.74, 6) is -2.79. The third-order valence-corrected chi connectivity index (χ3v) is 16.7. The Balaban J connectivity index is 0.925. The van der Waals surface area contributed by atoms with Crippen LogP contribution in [0.2, 0.25) is 0 Å². The largest absolute Gasteiger partial charge is 0.457 e. The van der Waals surface area contributed by atoms with E-state index in [0.717, 1.165) is 54.2 Å². The molecule has 0 unspecified atom stereocenters. The number of carbonyl (C=O) groups excluding carboxylic acids is 6. The quantitative estimate of drug-likeness (QED) is 0.0638. The maximum atomic E-state index is 14.5. The lowest BCUT2D eigenvalue weighted by atomic mass is 9.98. The first-order valence-corrected chi connectivity index (χ1v) is 26.2. The average molecular weight is 1020 g/mol. The molecule has 0 atom stereocenters. The van der Waals surface area contributed by atoms with Crippen LogP contribution in [0.5, 0.6) is 0 Å². The van der Waals surface area contributed by atoms with Crippen molar-refractivity contribution in [2.24, 2.45) is 0 Å². The van der Waals surface area contributed by atoms with E-state index in [9.17, 15) is 28.8 Å². The second-order valence-electron chi connectivity index (χ2n) is 19.2. The molecule has 2 aliphatic carbocycles. The summed E-state index contributed by atoms with van der Waals surface area (Å²) >= 11 is 2.55. The van der Waals surface area contributed by atoms with E-state index in [1.807, 2.05) is 133 Å². The second kappa shape index (κ2) is 17.6. The monoisotopic (exact) mass is 1020 g/mol. The highest BCUT2D eigenvalue weighted by molar-refractivity contribution is 7.22. The molecule has 10 heteroatoms. The number of ether oxygens (including phenoxy) is 2. The molecule has 0 radical (unpaired) electrons. The van der Waals surface area contributed by atoms with Crippen molar-refractivity contribution in [1.29, 1.82) is 0 Å². The summed E-state index contributed by atoms with van der Waals surface area (Å²) in [4.78, 5) is 87.0. The lowest BCUT2D eigenvalue weighted by molar-refractivity contribution is 0.0466. The highest BCUT2D eigenvalue weighted by Gasteiger charge is 2.36. The zero-order valence-electron chi connectivity index (χ0n) is 40.0. The number of rotatable bonds is 8. The fourth-order valence-electron chi connectivity index (χ4n) is 10.7. The standard InChI is InChI=1S/C66H36O8S2/c67-59-47-23-41-19-37-15-7-8-16-38(37)20-42(41)24-48(47)60(68)57(59)29-45-27-51-55(65(71)73-33-35-11-3-1-4-12-35)31-53-54(63(51)75-45)32-56(66(72)74-34-36-13-5-2-6-14-36)52-28-46(76-64(52)53)30-58-61(69)49-25-43-21-39-17-9-10-18-40(39)22-44(43)26-50(49)62(58)70/h1-32H,33-34H2. The van der Waals surface area contributed by atoms with Crippen molar-refractivity contribution in [3.05, 3.63) is 247 Å². The van der Waals surface area contributed by atoms with Crippen LogP contribution in [0.1, 0.15) is 83.0 Å². The van der Waals surface area contributed by atoms with Crippen molar-refractivity contribution in [3.63, 3.8) is 0 Å². The Kier molecular flexibility index (Phi) is 10.5. The molecule has 8 nitrogen and oxygen atoms in total. The molecule has 0 saturated carbocycles. The van der Waals surface area contributed by atoms with Crippen LogP contribution in [-0.2, 0) is 22.7 Å². The van der Waals surface area contributed by atoms with E-state index in [0.29, 0.717) is 63.0 Å². The number of ketones is 4. The minimum atomic E-state index is -0.606. The Hall–Kier alpha value is -9.48. The first-order chi connectivity index (χ1) is 37.1. The molecule has 0 amide bonds. The van der Waals surface area contributed by atoms with Gasteiger partial charge in [0.25, 0.3) is 0 Å². The predicted molar refractivity (Wildman–Crippen MR) is 302 cm³/mol. The van der Waals surface area contributed by atoms with Crippen LogP contribution in [0.15, 0.2) is 193 Å². The van der Waals surface area contributed by atoms with Gasteiger partial charge in [-0.2, -0.15) is 0 Å². The van der Waals surface area contributed by atoms with Gasteiger partial charge in [0, 0.05) is 63.0 Å². The second-order valence-corrected chi connectivity index (χ2v) is 21.3. The molecule has 2 aromatic heterocycles. The minimum Gasteiger partial charge on any atom is -0.457 e. The van der Waals surface area contributed by atoms with Crippen LogP contribution in [0, 0.1) is 0 Å². The van der Waals surface area contributed by atoms with Crippen molar-refractivity contribution in [2.75, 3.05) is 0 Å². The fourth-order valence-corrected chi connectivity index (χ4v) is 13.0. The SMILES string of the molecule is O=C1C(=Cc2cc3c(C(=O)OCc4ccccc4)cc4c(cc(C(=O)OCc5ccccc5)c5cc(C=C6C(=O)c7cc8cc9ccccc9cc8cc7C6=O)sc54)c3s2)C(=O)c2cc3cc4ccccc4cc3cc21. The van der Waals surface area contributed by atoms with E-state index in [1.54, 1.807) is 60.7 Å². The molecule has 0 N–H and O–H groups in total. The highest BCUT2D eigenvalue weighted by atomic mass is 32.1. The van der Waals surface area contributed by atoms with Gasteiger partial charge in [0.1, 0.15) is 13.2 Å². The number of allylic oxidation sites excluding steroid dienone is 2. The summed E-state index contributed by atoms with van der Waals surface area (Å²) in [6.07, 6.45) is 3.17. The Bertz CT molecular complexity index is 4240. The van der Waals surface area contributed by atoms with E-state index >= 15 is 0 Å². The van der Waals surface area contributed by atoms with Gasteiger partial charge in [-0.25, -0.2) is 9.59 Å². The van der Waals surface area contributed by atoms with Gasteiger partial charge in [-0.3, -0.25) is 19.2 Å². The van der Waals surface area contributed by atoms with Gasteiger partial charge in [-0.05, 0) is 139 Å². The normalized spacial score (nSPS) is 13.3. The number of hydrogen-bond donors (Lipinski definition) is 0. The fraction of sp³-hybridized carbons (Fsp3) is 0.0303. The minimum absolute atomic E-state index is 0.000179. The molecular weight excluding hydrogens is 985 g/mol. The number of carbonyl (C=O) groups is 6. The van der Waals surface area contributed by atoms with E-state index in [-0.39, 0.29) is 35.5 Å². The zero-order chi connectivity index (χ0) is 51.3. The smallest absolute Gasteiger partial charge is 0.339 e. The number of fused-ring (bicyclic) bond motifs is 11. The van der Waals surface area contributed by atoms with E-state index < -0.39 is 35.1 Å². The molecule has 14 rings (SSSR count). The predicted octanol–water partition coefficient (Wildman–Crippen LogP) is 15.5. The molecule has 360 valence electrons. The molecule has 0 aliphatic heterocycles. The molecule has 0 bridgehead atoms. The number of hydrogen-bond acceptors (Lipinski definition) is 10. The summed E-state index contributed by atoms with van der Waals surface area (Å²) < 4.78 is 13.2. The third kappa shape index (κ3) is 7.48. The molecule has 2 heterocycles. The highest BCUT2D eigenvalue weighted by Crippen LogP contribution is 2.45. The maximum Gasteiger partial charge on any atom is 0.339 e. The Labute approximate surface area is 440 Å². The summed E-state index contributed by atoms with van der Waals surface area (Å²) in [6.45, 7) is 0.000358. The van der Waals surface area contributed by atoms with Crippen molar-refractivity contribution >= 4 is 144 Å². The van der Waals surface area contributed by atoms with Gasteiger partial charge in [0.05, 0.1) is 22.3 Å². The van der Waals surface area contributed by atoms with Crippen molar-refractivity contribution < 1.29 is 38.2 Å².